The summed E-state index contributed by atoms with van der Waals surface area (Å²) in [6, 6.07) is 8.01. The summed E-state index contributed by atoms with van der Waals surface area (Å²) >= 11 is 0. The van der Waals surface area contributed by atoms with Crippen molar-refractivity contribution in [2.45, 2.75) is 37.8 Å². The summed E-state index contributed by atoms with van der Waals surface area (Å²) < 4.78 is 10.9. The number of para-hydroxylation sites is 1. The van der Waals surface area contributed by atoms with Crippen molar-refractivity contribution in [2.75, 3.05) is 13.7 Å². The van der Waals surface area contributed by atoms with Crippen molar-refractivity contribution in [3.63, 3.8) is 0 Å². The Kier molecular flexibility index (Phi) is 4.40. The number of nitrogens with two attached hydrogens (primary N) is 1. The standard InChI is InChI=1S/C14H21NO2/c1-16-14-7-3-2-6-12(14)13(15)9-8-11-5-4-10-17-11/h2-3,6-7,11,13H,4-5,8-10,15H2,1H3. The molecule has 1 saturated heterocycles. The third-order valence-corrected chi connectivity index (χ3v) is 3.36. The van der Waals surface area contributed by atoms with Gasteiger partial charge in [-0.2, -0.15) is 0 Å². The summed E-state index contributed by atoms with van der Waals surface area (Å²) in [6.45, 7) is 0.911. The van der Waals surface area contributed by atoms with E-state index in [0.717, 1.165) is 30.8 Å². The average Bonchev–Trinajstić information content (AvgIpc) is 2.89. The molecule has 2 rings (SSSR count). The van der Waals surface area contributed by atoms with Crippen LogP contribution in [-0.2, 0) is 4.74 Å². The van der Waals surface area contributed by atoms with E-state index in [9.17, 15) is 0 Å². The monoisotopic (exact) mass is 235 g/mol. The third-order valence-electron chi connectivity index (χ3n) is 3.36. The number of ether oxygens (including phenoxy) is 2. The molecule has 2 N–H and O–H groups in total. The number of hydrogen-bond acceptors (Lipinski definition) is 3. The highest BCUT2D eigenvalue weighted by molar-refractivity contribution is 5.35. The Morgan fingerprint density at radius 2 is 2.29 bits per heavy atom. The van der Waals surface area contributed by atoms with E-state index in [2.05, 4.69) is 0 Å². The largest absolute Gasteiger partial charge is 0.496 e. The molecule has 1 aromatic rings. The highest BCUT2D eigenvalue weighted by Crippen LogP contribution is 2.28. The van der Waals surface area contributed by atoms with Crippen molar-refractivity contribution in [3.05, 3.63) is 29.8 Å². The first-order valence-electron chi connectivity index (χ1n) is 6.31. The zero-order valence-electron chi connectivity index (χ0n) is 10.4. The smallest absolute Gasteiger partial charge is 0.123 e. The van der Waals surface area contributed by atoms with Crippen LogP contribution >= 0.6 is 0 Å². The molecule has 3 heteroatoms. The van der Waals surface area contributed by atoms with E-state index < -0.39 is 0 Å². The van der Waals surface area contributed by atoms with Gasteiger partial charge in [-0.3, -0.25) is 0 Å². The normalized spacial score (nSPS) is 21.4. The maximum Gasteiger partial charge on any atom is 0.123 e. The van der Waals surface area contributed by atoms with E-state index in [-0.39, 0.29) is 6.04 Å². The molecule has 0 saturated carbocycles. The van der Waals surface area contributed by atoms with Crippen LogP contribution in [0.15, 0.2) is 24.3 Å². The summed E-state index contributed by atoms with van der Waals surface area (Å²) in [6.07, 6.45) is 4.77. The van der Waals surface area contributed by atoms with Crippen molar-refractivity contribution in [2.24, 2.45) is 5.73 Å². The van der Waals surface area contributed by atoms with E-state index in [1.807, 2.05) is 24.3 Å². The second kappa shape index (κ2) is 6.03. The van der Waals surface area contributed by atoms with Gasteiger partial charge < -0.3 is 15.2 Å². The van der Waals surface area contributed by atoms with Crippen LogP contribution in [-0.4, -0.2) is 19.8 Å². The van der Waals surface area contributed by atoms with Crippen LogP contribution in [0.4, 0.5) is 0 Å². The molecule has 1 aliphatic rings. The maximum atomic E-state index is 6.21. The van der Waals surface area contributed by atoms with Crippen molar-refractivity contribution >= 4 is 0 Å². The maximum absolute atomic E-state index is 6.21. The Morgan fingerprint density at radius 1 is 1.47 bits per heavy atom. The molecule has 17 heavy (non-hydrogen) atoms. The van der Waals surface area contributed by atoms with E-state index in [0.29, 0.717) is 6.10 Å². The summed E-state index contributed by atoms with van der Waals surface area (Å²) in [5, 5.41) is 0. The predicted octanol–water partition coefficient (Wildman–Crippen LogP) is 2.65. The fraction of sp³-hybridized carbons (Fsp3) is 0.571. The lowest BCUT2D eigenvalue weighted by Crippen LogP contribution is -2.15. The highest BCUT2D eigenvalue weighted by atomic mass is 16.5. The second-order valence-corrected chi connectivity index (χ2v) is 4.56. The Balaban J connectivity index is 1.91. The summed E-state index contributed by atoms with van der Waals surface area (Å²) in [5.74, 6) is 0.882. The van der Waals surface area contributed by atoms with Gasteiger partial charge in [-0.15, -0.1) is 0 Å². The van der Waals surface area contributed by atoms with Gasteiger partial charge in [0.2, 0.25) is 0 Å². The van der Waals surface area contributed by atoms with Crippen LogP contribution in [0, 0.1) is 0 Å². The second-order valence-electron chi connectivity index (χ2n) is 4.56. The molecule has 0 bridgehead atoms. The number of benzene rings is 1. The Hall–Kier alpha value is -1.06. The molecule has 0 aromatic heterocycles. The molecule has 1 aromatic carbocycles. The molecular weight excluding hydrogens is 214 g/mol. The van der Waals surface area contributed by atoms with Crippen molar-refractivity contribution < 1.29 is 9.47 Å². The van der Waals surface area contributed by atoms with Gasteiger partial charge in [0.15, 0.2) is 0 Å². The summed E-state index contributed by atoms with van der Waals surface area (Å²) in [7, 11) is 1.69. The van der Waals surface area contributed by atoms with Crippen LogP contribution in [0.5, 0.6) is 5.75 Å². The van der Waals surface area contributed by atoms with Crippen molar-refractivity contribution in [1.82, 2.24) is 0 Å². The van der Waals surface area contributed by atoms with Crippen LogP contribution in [0.1, 0.15) is 37.3 Å². The Bertz CT molecular complexity index is 348. The molecule has 2 unspecified atom stereocenters. The molecule has 3 nitrogen and oxygen atoms in total. The van der Waals surface area contributed by atoms with E-state index in [1.165, 1.54) is 12.8 Å². The zero-order chi connectivity index (χ0) is 12.1. The van der Waals surface area contributed by atoms with Crippen molar-refractivity contribution in [3.8, 4) is 5.75 Å². The molecule has 1 fully saturated rings. The molecule has 0 spiro atoms. The van der Waals surface area contributed by atoms with Gasteiger partial charge in [0.05, 0.1) is 13.2 Å². The summed E-state index contributed by atoms with van der Waals surface area (Å²) in [4.78, 5) is 0. The minimum absolute atomic E-state index is 0.0374. The molecule has 0 aliphatic carbocycles. The lowest BCUT2D eigenvalue weighted by Gasteiger charge is -2.17. The Morgan fingerprint density at radius 3 is 3.00 bits per heavy atom. The molecule has 2 atom stereocenters. The first-order chi connectivity index (χ1) is 8.31. The van der Waals surface area contributed by atoms with E-state index >= 15 is 0 Å². The van der Waals surface area contributed by atoms with Gasteiger partial charge in [0.1, 0.15) is 5.75 Å². The van der Waals surface area contributed by atoms with Gasteiger partial charge in [-0.05, 0) is 31.7 Å². The predicted molar refractivity (Wildman–Crippen MR) is 68.1 cm³/mol. The molecule has 1 heterocycles. The average molecular weight is 235 g/mol. The molecule has 0 radical (unpaired) electrons. The molecule has 1 aliphatic heterocycles. The van der Waals surface area contributed by atoms with Crippen LogP contribution in [0.3, 0.4) is 0 Å². The van der Waals surface area contributed by atoms with Gasteiger partial charge in [-0.1, -0.05) is 18.2 Å². The summed E-state index contributed by atoms with van der Waals surface area (Å²) in [5.41, 5.74) is 7.30. The van der Waals surface area contributed by atoms with E-state index in [4.69, 9.17) is 15.2 Å². The molecule has 0 amide bonds. The number of hydrogen-bond donors (Lipinski definition) is 1. The highest BCUT2D eigenvalue weighted by Gasteiger charge is 2.18. The lowest BCUT2D eigenvalue weighted by molar-refractivity contribution is 0.101. The van der Waals surface area contributed by atoms with Crippen LogP contribution in [0.2, 0.25) is 0 Å². The fourth-order valence-corrected chi connectivity index (χ4v) is 2.37. The van der Waals surface area contributed by atoms with Crippen LogP contribution < -0.4 is 10.5 Å². The molecular formula is C14H21NO2. The third kappa shape index (κ3) is 3.20. The first kappa shape index (κ1) is 12.4. The van der Waals surface area contributed by atoms with Crippen molar-refractivity contribution in [1.29, 1.82) is 0 Å². The SMILES string of the molecule is COc1ccccc1C(N)CCC1CCCO1. The topological polar surface area (TPSA) is 44.5 Å². The van der Waals surface area contributed by atoms with Gasteiger partial charge >= 0.3 is 0 Å². The Labute approximate surface area is 103 Å². The quantitative estimate of drug-likeness (QED) is 0.853. The van der Waals surface area contributed by atoms with Gasteiger partial charge in [0.25, 0.3) is 0 Å². The van der Waals surface area contributed by atoms with Crippen LogP contribution in [0.25, 0.3) is 0 Å². The first-order valence-corrected chi connectivity index (χ1v) is 6.31. The fourth-order valence-electron chi connectivity index (χ4n) is 2.37. The minimum Gasteiger partial charge on any atom is -0.496 e. The zero-order valence-corrected chi connectivity index (χ0v) is 10.4. The lowest BCUT2D eigenvalue weighted by atomic mass is 9.99. The van der Waals surface area contributed by atoms with Gasteiger partial charge in [-0.25, -0.2) is 0 Å². The minimum atomic E-state index is 0.0374. The molecule has 94 valence electrons. The number of methoxy groups -OCH3 is 1. The number of rotatable bonds is 5. The van der Waals surface area contributed by atoms with E-state index in [1.54, 1.807) is 7.11 Å². The van der Waals surface area contributed by atoms with Gasteiger partial charge in [0, 0.05) is 18.2 Å².